The highest BCUT2D eigenvalue weighted by Crippen LogP contribution is 2.71. The van der Waals surface area contributed by atoms with Gasteiger partial charge in [-0.15, -0.1) is 0 Å². The minimum absolute atomic E-state index is 0.00144. The van der Waals surface area contributed by atoms with Gasteiger partial charge in [0.2, 0.25) is 0 Å². The minimum Gasteiger partial charge on any atom is -0.468 e. The van der Waals surface area contributed by atoms with E-state index in [1.807, 2.05) is 0 Å². The zero-order chi connectivity index (χ0) is 63.1. The first-order valence-electron chi connectivity index (χ1n) is 34.6. The molecule has 6 aliphatic carbocycles. The zero-order valence-electron chi connectivity index (χ0n) is 56.2. The first-order valence-corrected chi connectivity index (χ1v) is 34.6. The van der Waals surface area contributed by atoms with E-state index < -0.39 is 0 Å². The van der Waals surface area contributed by atoms with Crippen molar-refractivity contribution < 1.29 is 8.83 Å². The molecule has 0 atom stereocenters. The van der Waals surface area contributed by atoms with Crippen molar-refractivity contribution in [3.63, 3.8) is 0 Å². The van der Waals surface area contributed by atoms with Crippen molar-refractivity contribution in [1.29, 1.82) is 0 Å². The molecular formula is C86H86BN3O2. The summed E-state index contributed by atoms with van der Waals surface area (Å²) in [5.74, 6) is 3.00. The molecule has 11 aromatic rings. The maximum atomic E-state index is 7.99. The first kappa shape index (κ1) is 56.5. The van der Waals surface area contributed by atoms with Crippen LogP contribution in [-0.2, 0) is 32.5 Å². The molecule has 4 fully saturated rings. The summed E-state index contributed by atoms with van der Waals surface area (Å²) in [6, 6.07) is 68.7. The van der Waals surface area contributed by atoms with Crippen LogP contribution < -0.4 is 31.3 Å². The van der Waals surface area contributed by atoms with Gasteiger partial charge in [0.1, 0.15) is 11.2 Å². The standard InChI is InChI=1S/C86H86BN3O2/c1-81(2,3)52-28-32-57(33-29-52)88(70-26-18-22-61-60-20-15-17-27-74(60)91-79(61)70)59-36-37-68-71(47-59)89(58-34-30-53(31-35-58)82(4,5)6)72-45-54(83(7,8)9)46-73-77(72)87(68)80-78(63-48-66-67(49-75(63)92-80)85(12,13)39-38-84(66,10)11)90(73)69-25-19-24-65-76(69)62-21-14-16-23-64(62)86(65)55-41-50-40-51(43-55)44-56(86)42-50/h14-37,45-51,55-56H,38-44H2,1-13H3. The van der Waals surface area contributed by atoms with E-state index in [0.717, 1.165) is 86.3 Å². The van der Waals surface area contributed by atoms with Crippen molar-refractivity contribution in [2.75, 3.05) is 14.7 Å². The molecule has 4 heterocycles. The minimum atomic E-state index is -0.252. The average Bonchev–Trinajstić information content (AvgIpc) is 1.43. The summed E-state index contributed by atoms with van der Waals surface area (Å²) in [6.07, 6.45) is 9.06. The fourth-order valence-electron chi connectivity index (χ4n) is 19.6. The van der Waals surface area contributed by atoms with Gasteiger partial charge in [0, 0.05) is 61.3 Å². The summed E-state index contributed by atoms with van der Waals surface area (Å²) in [4.78, 5) is 7.83. The molecule has 2 aromatic heterocycles. The van der Waals surface area contributed by atoms with Crippen molar-refractivity contribution in [2.24, 2.45) is 23.7 Å². The van der Waals surface area contributed by atoms with E-state index in [1.165, 1.54) is 110 Å². The molecule has 4 saturated carbocycles. The van der Waals surface area contributed by atoms with Crippen molar-refractivity contribution in [1.82, 2.24) is 0 Å². The van der Waals surface area contributed by atoms with Crippen LogP contribution in [0, 0.1) is 23.7 Å². The van der Waals surface area contributed by atoms with Gasteiger partial charge in [-0.1, -0.05) is 187 Å². The lowest BCUT2D eigenvalue weighted by molar-refractivity contribution is -0.0399. The normalized spacial score (nSPS) is 22.0. The number of para-hydroxylation sites is 2. The van der Waals surface area contributed by atoms with Crippen LogP contribution in [0.5, 0.6) is 0 Å². The van der Waals surface area contributed by atoms with Crippen LogP contribution in [0.3, 0.4) is 0 Å². The maximum absolute atomic E-state index is 7.99. The average molecular weight is 1200 g/mol. The van der Waals surface area contributed by atoms with Crippen molar-refractivity contribution in [3.8, 4) is 11.1 Å². The van der Waals surface area contributed by atoms with Crippen LogP contribution in [-0.4, -0.2) is 6.71 Å². The highest BCUT2D eigenvalue weighted by Gasteiger charge is 2.62. The molecule has 0 radical (unpaired) electrons. The molecule has 9 aromatic carbocycles. The molecule has 2 aliphatic heterocycles. The van der Waals surface area contributed by atoms with E-state index in [2.05, 4.69) is 281 Å². The van der Waals surface area contributed by atoms with E-state index in [9.17, 15) is 0 Å². The van der Waals surface area contributed by atoms with E-state index >= 15 is 0 Å². The number of hydrogen-bond donors (Lipinski definition) is 0. The second-order valence-electron chi connectivity index (χ2n) is 33.6. The quantitative estimate of drug-likeness (QED) is 0.161. The number of nitrogens with zero attached hydrogens (tertiary/aromatic N) is 3. The Bertz CT molecular complexity index is 4890. The molecule has 6 heteroatoms. The van der Waals surface area contributed by atoms with Gasteiger partial charge in [-0.25, -0.2) is 0 Å². The van der Waals surface area contributed by atoms with Gasteiger partial charge in [0.05, 0.1) is 22.7 Å². The Morgan fingerprint density at radius 1 is 0.457 bits per heavy atom. The van der Waals surface area contributed by atoms with Gasteiger partial charge in [-0.2, -0.15) is 0 Å². The van der Waals surface area contributed by atoms with Gasteiger partial charge < -0.3 is 23.5 Å². The molecule has 4 bridgehead atoms. The second kappa shape index (κ2) is 19.0. The highest BCUT2D eigenvalue weighted by atomic mass is 16.3. The van der Waals surface area contributed by atoms with Gasteiger partial charge in [-0.3, -0.25) is 0 Å². The predicted octanol–water partition coefficient (Wildman–Crippen LogP) is 21.8. The van der Waals surface area contributed by atoms with Crippen LogP contribution >= 0.6 is 0 Å². The number of fused-ring (bicyclic) bond motifs is 13. The van der Waals surface area contributed by atoms with Crippen molar-refractivity contribution in [3.05, 3.63) is 215 Å². The van der Waals surface area contributed by atoms with Crippen molar-refractivity contribution in [2.45, 2.75) is 167 Å². The zero-order valence-corrected chi connectivity index (χ0v) is 56.2. The summed E-state index contributed by atoms with van der Waals surface area (Å²) < 4.78 is 15.0. The van der Waals surface area contributed by atoms with Crippen LogP contribution in [0.1, 0.15) is 174 Å². The Morgan fingerprint density at radius 2 is 1.04 bits per heavy atom. The number of anilines is 9. The Morgan fingerprint density at radius 3 is 1.73 bits per heavy atom. The molecule has 8 aliphatic rings. The molecule has 0 N–H and O–H groups in total. The third-order valence-electron chi connectivity index (χ3n) is 24.1. The van der Waals surface area contributed by atoms with Crippen LogP contribution in [0.15, 0.2) is 185 Å². The predicted molar refractivity (Wildman–Crippen MR) is 387 cm³/mol. The van der Waals surface area contributed by atoms with Crippen LogP contribution in [0.4, 0.5) is 51.2 Å². The lowest BCUT2D eigenvalue weighted by atomic mass is 9.35. The lowest BCUT2D eigenvalue weighted by Crippen LogP contribution is -2.61. The first-order chi connectivity index (χ1) is 44.0. The Labute approximate surface area is 544 Å². The fourth-order valence-corrected chi connectivity index (χ4v) is 19.6. The largest absolute Gasteiger partial charge is 0.468 e. The molecule has 460 valence electrons. The summed E-state index contributed by atoms with van der Waals surface area (Å²) in [5.41, 5.74) is 28.9. The number of benzene rings is 9. The highest BCUT2D eigenvalue weighted by molar-refractivity contribution is 7.00. The molecule has 0 amide bonds. The van der Waals surface area contributed by atoms with Gasteiger partial charge >= 0.3 is 0 Å². The number of furan rings is 2. The summed E-state index contributed by atoms with van der Waals surface area (Å²) in [5, 5.41) is 3.42. The van der Waals surface area contributed by atoms with Crippen LogP contribution in [0.25, 0.3) is 44.0 Å². The second-order valence-corrected chi connectivity index (χ2v) is 33.6. The van der Waals surface area contributed by atoms with E-state index in [4.69, 9.17) is 8.83 Å². The Kier molecular flexibility index (Phi) is 11.7. The SMILES string of the molecule is CC(C)(C)c1ccc(N2c3cc(N(c4ccc(C(C)(C)C)cc4)c4cccc5c4oc4ccccc45)ccc3B3c4oc5cc6c(cc5c4N(c4cccc5c4-c4ccccc4C54C5CC7CC(C5)CC4C7)c4cc(C(C)(C)C)cc2c43)C(C)(C)CCC6(C)C)cc1. The Balaban J connectivity index is 0.945. The van der Waals surface area contributed by atoms with Crippen molar-refractivity contribution >= 4 is 107 Å². The van der Waals surface area contributed by atoms with E-state index in [0.29, 0.717) is 11.8 Å². The molecule has 0 saturated heterocycles. The van der Waals surface area contributed by atoms with Crippen LogP contribution in [0.2, 0.25) is 0 Å². The maximum Gasteiger partial charge on any atom is 0.297 e. The third kappa shape index (κ3) is 7.91. The van der Waals surface area contributed by atoms with Gasteiger partial charge in [0.15, 0.2) is 5.58 Å². The third-order valence-corrected chi connectivity index (χ3v) is 24.1. The summed E-state index contributed by atoms with van der Waals surface area (Å²) >= 11 is 0. The fraction of sp³-hybridized carbons (Fsp3) is 0.349. The van der Waals surface area contributed by atoms with Gasteiger partial charge in [-0.05, 0) is 230 Å². The smallest absolute Gasteiger partial charge is 0.297 e. The number of rotatable bonds is 5. The summed E-state index contributed by atoms with van der Waals surface area (Å²) in [6.45, 7) is 30.7. The van der Waals surface area contributed by atoms with E-state index in [-0.39, 0.29) is 39.2 Å². The molecule has 0 unspecified atom stereocenters. The lowest BCUT2D eigenvalue weighted by Gasteiger charge is -2.61. The van der Waals surface area contributed by atoms with E-state index in [1.54, 1.807) is 11.1 Å². The molecule has 1 spiro atoms. The molecule has 92 heavy (non-hydrogen) atoms. The summed E-state index contributed by atoms with van der Waals surface area (Å²) in [7, 11) is 0. The topological polar surface area (TPSA) is 36.0 Å². The van der Waals surface area contributed by atoms with Gasteiger partial charge in [0.25, 0.3) is 6.71 Å². The molecule has 19 rings (SSSR count). The number of hydrogen-bond acceptors (Lipinski definition) is 5. The molecule has 5 nitrogen and oxygen atoms in total. The monoisotopic (exact) mass is 1200 g/mol. The Hall–Kier alpha value is -8.22. The molecular weight excluding hydrogens is 1120 g/mol.